The highest BCUT2D eigenvalue weighted by molar-refractivity contribution is 7.91. The molecule has 0 aliphatic carbocycles. The summed E-state index contributed by atoms with van der Waals surface area (Å²) >= 11 is 0. The van der Waals surface area contributed by atoms with Crippen LogP contribution in [0.15, 0.2) is 30.3 Å². The van der Waals surface area contributed by atoms with Gasteiger partial charge in [0.05, 0.1) is 11.0 Å². The van der Waals surface area contributed by atoms with Crippen molar-refractivity contribution in [2.24, 2.45) is 5.92 Å². The Balaban J connectivity index is 2.59. The van der Waals surface area contributed by atoms with Crippen LogP contribution in [0.5, 0.6) is 0 Å². The summed E-state index contributed by atoms with van der Waals surface area (Å²) in [6.45, 7) is 4.35. The average Bonchev–Trinajstić information content (AvgIpc) is 2.37. The monoisotopic (exact) mass is 283 g/mol. The predicted molar refractivity (Wildman–Crippen MR) is 81.1 cm³/mol. The molecule has 3 nitrogen and oxygen atoms in total. The second-order valence-electron chi connectivity index (χ2n) is 5.32. The summed E-state index contributed by atoms with van der Waals surface area (Å²) in [4.78, 5) is 0. The first-order valence-corrected chi connectivity index (χ1v) is 8.57. The van der Waals surface area contributed by atoms with Gasteiger partial charge in [-0.05, 0) is 51.8 Å². The summed E-state index contributed by atoms with van der Waals surface area (Å²) in [6.07, 6.45) is 1.64. The van der Waals surface area contributed by atoms with Crippen molar-refractivity contribution < 1.29 is 8.42 Å². The van der Waals surface area contributed by atoms with E-state index in [0.29, 0.717) is 5.92 Å². The molecule has 0 saturated carbocycles. The van der Waals surface area contributed by atoms with E-state index in [0.717, 1.165) is 19.4 Å². The molecule has 4 heteroatoms. The van der Waals surface area contributed by atoms with Gasteiger partial charge in [0.2, 0.25) is 0 Å². The molecule has 1 aromatic carbocycles. The highest BCUT2D eigenvalue weighted by Crippen LogP contribution is 2.14. The van der Waals surface area contributed by atoms with Gasteiger partial charge in [0.15, 0.2) is 9.84 Å². The third kappa shape index (κ3) is 5.74. The molecule has 1 N–H and O–H groups in total. The van der Waals surface area contributed by atoms with E-state index >= 15 is 0 Å². The van der Waals surface area contributed by atoms with Crippen LogP contribution in [0.4, 0.5) is 0 Å². The maximum absolute atomic E-state index is 11.9. The molecule has 1 unspecified atom stereocenters. The van der Waals surface area contributed by atoms with Crippen molar-refractivity contribution in [2.75, 3.05) is 19.3 Å². The van der Waals surface area contributed by atoms with Crippen LogP contribution in [0.2, 0.25) is 0 Å². The molecule has 0 fully saturated rings. The zero-order valence-corrected chi connectivity index (χ0v) is 12.9. The van der Waals surface area contributed by atoms with Crippen molar-refractivity contribution in [2.45, 2.75) is 31.9 Å². The summed E-state index contributed by atoms with van der Waals surface area (Å²) in [5.74, 6) is 0.644. The van der Waals surface area contributed by atoms with Crippen LogP contribution >= 0.6 is 0 Å². The van der Waals surface area contributed by atoms with Gasteiger partial charge in [-0.1, -0.05) is 30.3 Å². The molecule has 108 valence electrons. The molecule has 0 aliphatic heterocycles. The molecular formula is C15H25NO2S. The van der Waals surface area contributed by atoms with Crippen molar-refractivity contribution in [1.29, 1.82) is 0 Å². The highest BCUT2D eigenvalue weighted by atomic mass is 32.2. The van der Waals surface area contributed by atoms with Crippen molar-refractivity contribution >= 4 is 9.84 Å². The second kappa shape index (κ2) is 7.65. The van der Waals surface area contributed by atoms with Crippen LogP contribution in [0, 0.1) is 5.92 Å². The normalized spacial score (nSPS) is 13.7. The largest absolute Gasteiger partial charge is 0.319 e. The Labute approximate surface area is 117 Å². The lowest BCUT2D eigenvalue weighted by Gasteiger charge is -2.17. The minimum absolute atomic E-state index is 0.278. The van der Waals surface area contributed by atoms with Crippen molar-refractivity contribution in [1.82, 2.24) is 5.32 Å². The Hall–Kier alpha value is -0.870. The van der Waals surface area contributed by atoms with Crippen molar-refractivity contribution in [3.05, 3.63) is 35.9 Å². The van der Waals surface area contributed by atoms with Gasteiger partial charge in [-0.2, -0.15) is 0 Å². The quantitative estimate of drug-likeness (QED) is 0.796. The van der Waals surface area contributed by atoms with Crippen molar-refractivity contribution in [3.8, 4) is 0 Å². The summed E-state index contributed by atoms with van der Waals surface area (Å²) in [7, 11) is -1.02. The van der Waals surface area contributed by atoms with Gasteiger partial charge in [-0.3, -0.25) is 0 Å². The van der Waals surface area contributed by atoms with E-state index in [1.807, 2.05) is 25.2 Å². The average molecular weight is 283 g/mol. The molecule has 0 amide bonds. The standard InChI is InChI=1S/C15H25NO2S/c1-13(2)19(17,18)10-9-15(12-16-3)11-14-7-5-4-6-8-14/h4-8,13,15-16H,9-12H2,1-3H3. The van der Waals surface area contributed by atoms with E-state index in [-0.39, 0.29) is 11.0 Å². The molecule has 0 heterocycles. The Morgan fingerprint density at radius 2 is 1.79 bits per heavy atom. The molecule has 0 bridgehead atoms. The fourth-order valence-corrected chi connectivity index (χ4v) is 3.21. The number of hydrogen-bond acceptors (Lipinski definition) is 3. The summed E-state index contributed by atoms with van der Waals surface area (Å²) in [6, 6.07) is 10.2. The lowest BCUT2D eigenvalue weighted by molar-refractivity contribution is 0.477. The topological polar surface area (TPSA) is 46.2 Å². The van der Waals surface area contributed by atoms with E-state index in [9.17, 15) is 8.42 Å². The minimum Gasteiger partial charge on any atom is -0.319 e. The fourth-order valence-electron chi connectivity index (χ4n) is 2.08. The molecule has 1 aromatic rings. The third-order valence-corrected chi connectivity index (χ3v) is 5.63. The second-order valence-corrected chi connectivity index (χ2v) is 7.99. The van der Waals surface area contributed by atoms with Gasteiger partial charge in [0, 0.05) is 0 Å². The van der Waals surface area contributed by atoms with Gasteiger partial charge in [0.1, 0.15) is 0 Å². The van der Waals surface area contributed by atoms with Crippen LogP contribution in [0.3, 0.4) is 0 Å². The maximum Gasteiger partial charge on any atom is 0.152 e. The van der Waals surface area contributed by atoms with Crippen molar-refractivity contribution in [3.63, 3.8) is 0 Å². The van der Waals surface area contributed by atoms with Gasteiger partial charge < -0.3 is 5.32 Å². The van der Waals surface area contributed by atoms with Crippen LogP contribution in [0.1, 0.15) is 25.8 Å². The predicted octanol–water partition coefficient (Wildman–Crippen LogP) is 2.28. The van der Waals surface area contributed by atoms with Gasteiger partial charge >= 0.3 is 0 Å². The van der Waals surface area contributed by atoms with E-state index in [1.165, 1.54) is 5.56 Å². The van der Waals surface area contributed by atoms with Crippen LogP contribution in [-0.2, 0) is 16.3 Å². The lowest BCUT2D eigenvalue weighted by atomic mass is 9.97. The van der Waals surface area contributed by atoms with E-state index in [2.05, 4.69) is 17.4 Å². The SMILES string of the molecule is CNCC(CCS(=O)(=O)C(C)C)Cc1ccccc1. The van der Waals surface area contributed by atoms with Gasteiger partial charge in [0.25, 0.3) is 0 Å². The Bertz CT molecular complexity index is 454. The molecule has 1 atom stereocenters. The summed E-state index contributed by atoms with van der Waals surface area (Å²) in [5.41, 5.74) is 1.27. The van der Waals surface area contributed by atoms with E-state index in [1.54, 1.807) is 13.8 Å². The van der Waals surface area contributed by atoms with Gasteiger partial charge in [-0.15, -0.1) is 0 Å². The first-order chi connectivity index (χ1) is 8.95. The smallest absolute Gasteiger partial charge is 0.152 e. The number of benzene rings is 1. The molecule has 0 aromatic heterocycles. The van der Waals surface area contributed by atoms with Crippen LogP contribution in [0.25, 0.3) is 0 Å². The zero-order valence-electron chi connectivity index (χ0n) is 12.1. The molecule has 0 radical (unpaired) electrons. The Kier molecular flexibility index (Phi) is 6.52. The first kappa shape index (κ1) is 16.2. The van der Waals surface area contributed by atoms with Crippen LogP contribution < -0.4 is 5.32 Å². The Morgan fingerprint density at radius 1 is 1.16 bits per heavy atom. The zero-order chi connectivity index (χ0) is 14.3. The first-order valence-electron chi connectivity index (χ1n) is 6.85. The maximum atomic E-state index is 11.9. The number of nitrogens with one attached hydrogen (secondary N) is 1. The van der Waals surface area contributed by atoms with E-state index in [4.69, 9.17) is 0 Å². The number of rotatable bonds is 8. The molecule has 1 rings (SSSR count). The van der Waals surface area contributed by atoms with Crippen LogP contribution in [-0.4, -0.2) is 33.0 Å². The van der Waals surface area contributed by atoms with Gasteiger partial charge in [-0.25, -0.2) is 8.42 Å². The fraction of sp³-hybridized carbons (Fsp3) is 0.600. The highest BCUT2D eigenvalue weighted by Gasteiger charge is 2.19. The van der Waals surface area contributed by atoms with E-state index < -0.39 is 9.84 Å². The lowest BCUT2D eigenvalue weighted by Crippen LogP contribution is -2.25. The third-order valence-electron chi connectivity index (χ3n) is 3.39. The Morgan fingerprint density at radius 3 is 2.32 bits per heavy atom. The molecule has 0 saturated heterocycles. The number of sulfone groups is 1. The summed E-state index contributed by atoms with van der Waals surface area (Å²) < 4.78 is 23.7. The summed E-state index contributed by atoms with van der Waals surface area (Å²) in [5, 5.41) is 2.88. The molecule has 0 spiro atoms. The molecular weight excluding hydrogens is 258 g/mol. The number of hydrogen-bond donors (Lipinski definition) is 1. The molecule has 0 aliphatic rings. The molecule has 19 heavy (non-hydrogen) atoms. The minimum atomic E-state index is -2.93.